The van der Waals surface area contributed by atoms with Crippen molar-refractivity contribution in [3.63, 3.8) is 0 Å². The van der Waals surface area contributed by atoms with E-state index in [1.807, 2.05) is 6.07 Å². The van der Waals surface area contributed by atoms with Crippen LogP contribution >= 0.6 is 0 Å². The van der Waals surface area contributed by atoms with Crippen LogP contribution < -0.4 is 0 Å². The molecule has 1 rings (SSSR count). The SMILES string of the molecule is CCCC(OC)C(=O)Cc1ccc(C)c(C)c1. The van der Waals surface area contributed by atoms with Gasteiger partial charge in [-0.15, -0.1) is 0 Å². The van der Waals surface area contributed by atoms with Crippen molar-refractivity contribution >= 4 is 5.78 Å². The number of rotatable bonds is 6. The Labute approximate surface area is 104 Å². The molecule has 1 aromatic rings. The second kappa shape index (κ2) is 6.55. The van der Waals surface area contributed by atoms with Crippen LogP contribution in [0.25, 0.3) is 0 Å². The molecule has 0 N–H and O–H groups in total. The summed E-state index contributed by atoms with van der Waals surface area (Å²) >= 11 is 0. The second-order valence-electron chi connectivity index (χ2n) is 4.57. The molecular formula is C15H22O2. The quantitative estimate of drug-likeness (QED) is 0.755. The molecule has 1 unspecified atom stereocenters. The minimum Gasteiger partial charge on any atom is -0.374 e. The fourth-order valence-corrected chi connectivity index (χ4v) is 1.90. The third-order valence-electron chi connectivity index (χ3n) is 3.14. The minimum absolute atomic E-state index is 0.178. The molecule has 2 nitrogen and oxygen atoms in total. The van der Waals surface area contributed by atoms with Gasteiger partial charge >= 0.3 is 0 Å². The zero-order valence-electron chi connectivity index (χ0n) is 11.2. The topological polar surface area (TPSA) is 26.3 Å². The highest BCUT2D eigenvalue weighted by molar-refractivity contribution is 5.85. The summed E-state index contributed by atoms with van der Waals surface area (Å²) < 4.78 is 5.23. The van der Waals surface area contributed by atoms with E-state index in [2.05, 4.69) is 32.9 Å². The van der Waals surface area contributed by atoms with Crippen molar-refractivity contribution in [3.8, 4) is 0 Å². The Kier molecular flexibility index (Phi) is 5.36. The van der Waals surface area contributed by atoms with Gasteiger partial charge in [-0.25, -0.2) is 0 Å². The molecule has 0 amide bonds. The summed E-state index contributed by atoms with van der Waals surface area (Å²) in [6, 6.07) is 6.18. The van der Waals surface area contributed by atoms with Crippen molar-refractivity contribution in [2.24, 2.45) is 0 Å². The zero-order chi connectivity index (χ0) is 12.8. The molecule has 1 atom stereocenters. The van der Waals surface area contributed by atoms with Crippen molar-refractivity contribution in [1.29, 1.82) is 0 Å². The van der Waals surface area contributed by atoms with Crippen molar-refractivity contribution in [3.05, 3.63) is 34.9 Å². The summed E-state index contributed by atoms with van der Waals surface area (Å²) in [4.78, 5) is 12.0. The summed E-state index contributed by atoms with van der Waals surface area (Å²) in [5.41, 5.74) is 3.58. The van der Waals surface area contributed by atoms with Gasteiger partial charge in [-0.2, -0.15) is 0 Å². The Morgan fingerprint density at radius 1 is 1.29 bits per heavy atom. The maximum Gasteiger partial charge on any atom is 0.165 e. The molecule has 2 heteroatoms. The Hall–Kier alpha value is -1.15. The van der Waals surface area contributed by atoms with Crippen LogP contribution in [0.4, 0.5) is 0 Å². The van der Waals surface area contributed by atoms with E-state index in [-0.39, 0.29) is 11.9 Å². The van der Waals surface area contributed by atoms with Gasteiger partial charge in [-0.3, -0.25) is 4.79 Å². The minimum atomic E-state index is -0.249. The molecule has 1 aromatic carbocycles. The van der Waals surface area contributed by atoms with Gasteiger partial charge < -0.3 is 4.74 Å². The summed E-state index contributed by atoms with van der Waals surface area (Å²) in [7, 11) is 1.61. The summed E-state index contributed by atoms with van der Waals surface area (Å²) in [5.74, 6) is 0.178. The molecule has 0 fully saturated rings. The number of carbonyl (C=O) groups is 1. The zero-order valence-corrected chi connectivity index (χ0v) is 11.2. The normalized spacial score (nSPS) is 12.5. The molecule has 17 heavy (non-hydrogen) atoms. The number of carbonyl (C=O) groups excluding carboxylic acids is 1. The molecule has 0 bridgehead atoms. The second-order valence-corrected chi connectivity index (χ2v) is 4.57. The van der Waals surface area contributed by atoms with E-state index in [1.165, 1.54) is 11.1 Å². The highest BCUT2D eigenvalue weighted by Gasteiger charge is 2.16. The molecule has 0 aliphatic rings. The van der Waals surface area contributed by atoms with Crippen molar-refractivity contribution in [2.75, 3.05) is 7.11 Å². The lowest BCUT2D eigenvalue weighted by atomic mass is 9.99. The van der Waals surface area contributed by atoms with Crippen LogP contribution in [0.2, 0.25) is 0 Å². The molecule has 0 heterocycles. The van der Waals surface area contributed by atoms with Gasteiger partial charge in [0, 0.05) is 13.5 Å². The molecule has 0 saturated heterocycles. The Morgan fingerprint density at radius 2 is 2.00 bits per heavy atom. The average molecular weight is 234 g/mol. The average Bonchev–Trinajstić information content (AvgIpc) is 2.30. The predicted molar refractivity (Wildman–Crippen MR) is 70.3 cm³/mol. The molecule has 0 spiro atoms. The van der Waals surface area contributed by atoms with Crippen LogP contribution in [0.5, 0.6) is 0 Å². The lowest BCUT2D eigenvalue weighted by Gasteiger charge is -2.13. The van der Waals surface area contributed by atoms with Crippen LogP contribution in [0.3, 0.4) is 0 Å². The highest BCUT2D eigenvalue weighted by Crippen LogP contribution is 2.13. The molecule has 0 aliphatic carbocycles. The lowest BCUT2D eigenvalue weighted by Crippen LogP contribution is -2.24. The number of Topliss-reactive ketones (excluding diaryl/α,β-unsaturated/α-hetero) is 1. The van der Waals surface area contributed by atoms with Gasteiger partial charge in [0.05, 0.1) is 0 Å². The number of ketones is 1. The first-order valence-electron chi connectivity index (χ1n) is 6.20. The van der Waals surface area contributed by atoms with Crippen molar-refractivity contribution in [1.82, 2.24) is 0 Å². The molecular weight excluding hydrogens is 212 g/mol. The highest BCUT2D eigenvalue weighted by atomic mass is 16.5. The largest absolute Gasteiger partial charge is 0.374 e. The van der Waals surface area contributed by atoms with E-state index >= 15 is 0 Å². The number of benzene rings is 1. The van der Waals surface area contributed by atoms with Gasteiger partial charge in [-0.05, 0) is 37.0 Å². The Balaban J connectivity index is 2.69. The maximum atomic E-state index is 12.0. The first kappa shape index (κ1) is 13.9. The van der Waals surface area contributed by atoms with Gasteiger partial charge in [0.25, 0.3) is 0 Å². The Bertz CT molecular complexity index is 383. The summed E-state index contributed by atoms with van der Waals surface area (Å²) in [5, 5.41) is 0. The lowest BCUT2D eigenvalue weighted by molar-refractivity contribution is -0.128. The summed E-state index contributed by atoms with van der Waals surface area (Å²) in [6.45, 7) is 6.22. The van der Waals surface area contributed by atoms with Gasteiger partial charge in [0.1, 0.15) is 6.10 Å². The third kappa shape index (κ3) is 3.97. The number of hydrogen-bond donors (Lipinski definition) is 0. The van der Waals surface area contributed by atoms with E-state index in [0.29, 0.717) is 6.42 Å². The van der Waals surface area contributed by atoms with Crippen LogP contribution in [0.1, 0.15) is 36.5 Å². The van der Waals surface area contributed by atoms with Gasteiger partial charge in [0.2, 0.25) is 0 Å². The fraction of sp³-hybridized carbons (Fsp3) is 0.533. The van der Waals surface area contributed by atoms with Crippen LogP contribution in [-0.4, -0.2) is 19.0 Å². The smallest absolute Gasteiger partial charge is 0.165 e. The monoisotopic (exact) mass is 234 g/mol. The van der Waals surface area contributed by atoms with E-state index < -0.39 is 0 Å². The van der Waals surface area contributed by atoms with Crippen molar-refractivity contribution < 1.29 is 9.53 Å². The third-order valence-corrected chi connectivity index (χ3v) is 3.14. The number of aryl methyl sites for hydroxylation is 2. The molecule has 0 radical (unpaired) electrons. The van der Waals surface area contributed by atoms with Crippen LogP contribution in [0, 0.1) is 13.8 Å². The van der Waals surface area contributed by atoms with E-state index in [4.69, 9.17) is 4.74 Å². The summed E-state index contributed by atoms with van der Waals surface area (Å²) in [6.07, 6.45) is 2.00. The molecule has 0 aromatic heterocycles. The molecule has 0 aliphatic heterocycles. The van der Waals surface area contributed by atoms with Gasteiger partial charge in [-0.1, -0.05) is 31.5 Å². The standard InChI is InChI=1S/C15H22O2/c1-5-6-15(17-4)14(16)10-13-8-7-11(2)12(3)9-13/h7-9,15H,5-6,10H2,1-4H3. The molecule has 0 saturated carbocycles. The number of ether oxygens (including phenoxy) is 1. The fourth-order valence-electron chi connectivity index (χ4n) is 1.90. The van der Waals surface area contributed by atoms with Crippen molar-refractivity contribution in [2.45, 2.75) is 46.1 Å². The van der Waals surface area contributed by atoms with Crippen LogP contribution in [-0.2, 0) is 16.0 Å². The maximum absolute atomic E-state index is 12.0. The number of methoxy groups -OCH3 is 1. The van der Waals surface area contributed by atoms with Crippen LogP contribution in [0.15, 0.2) is 18.2 Å². The predicted octanol–water partition coefficient (Wildman–Crippen LogP) is 3.23. The van der Waals surface area contributed by atoms with E-state index in [1.54, 1.807) is 7.11 Å². The Morgan fingerprint density at radius 3 is 2.53 bits per heavy atom. The molecule has 94 valence electrons. The van der Waals surface area contributed by atoms with E-state index in [0.717, 1.165) is 18.4 Å². The number of hydrogen-bond acceptors (Lipinski definition) is 2. The van der Waals surface area contributed by atoms with E-state index in [9.17, 15) is 4.79 Å². The first-order valence-corrected chi connectivity index (χ1v) is 6.20. The first-order chi connectivity index (χ1) is 8.08. The van der Waals surface area contributed by atoms with Gasteiger partial charge in [0.15, 0.2) is 5.78 Å².